The zero-order valence-corrected chi connectivity index (χ0v) is 24.8. The van der Waals surface area contributed by atoms with Crippen LogP contribution < -0.4 is 20.3 Å². The number of amides is 2. The molecule has 0 bridgehead atoms. The first-order valence-electron chi connectivity index (χ1n) is 14.2. The highest BCUT2D eigenvalue weighted by molar-refractivity contribution is 5.96. The summed E-state index contributed by atoms with van der Waals surface area (Å²) >= 11 is 0. The summed E-state index contributed by atoms with van der Waals surface area (Å²) in [7, 11) is 0. The fraction of sp³-hybridized carbons (Fsp3) is 0.125. The molecule has 5 rings (SSSR count). The maximum atomic E-state index is 12.3. The molecule has 244 valence electrons. The van der Waals surface area contributed by atoms with E-state index in [1.165, 1.54) is 48.8 Å². The monoisotopic (exact) mass is 654 g/mol. The van der Waals surface area contributed by atoms with Crippen LogP contribution in [-0.2, 0) is 9.47 Å². The number of nitrogens with one attached hydrogen (secondary N) is 2. The minimum Gasteiger partial charge on any atom is -0.458 e. The first-order valence-corrected chi connectivity index (χ1v) is 14.2. The van der Waals surface area contributed by atoms with Crippen molar-refractivity contribution in [2.75, 3.05) is 13.2 Å². The van der Waals surface area contributed by atoms with Crippen molar-refractivity contribution in [3.63, 3.8) is 0 Å². The fourth-order valence-electron chi connectivity index (χ4n) is 4.18. The molecule has 0 aliphatic carbocycles. The molecule has 2 atom stereocenters. The van der Waals surface area contributed by atoms with Gasteiger partial charge in [-0.1, -0.05) is 12.1 Å². The van der Waals surface area contributed by atoms with E-state index in [-0.39, 0.29) is 35.7 Å². The van der Waals surface area contributed by atoms with Gasteiger partial charge in [0.1, 0.15) is 11.5 Å². The molecule has 0 aromatic heterocycles. The number of benzene rings is 4. The highest BCUT2D eigenvalue weighted by Crippen LogP contribution is 2.22. The van der Waals surface area contributed by atoms with E-state index in [0.717, 1.165) is 12.1 Å². The fourth-order valence-corrected chi connectivity index (χ4v) is 4.18. The lowest BCUT2D eigenvalue weighted by Crippen LogP contribution is -2.45. The zero-order valence-electron chi connectivity index (χ0n) is 24.8. The van der Waals surface area contributed by atoms with Crippen LogP contribution in [0.1, 0.15) is 31.8 Å². The Morgan fingerprint density at radius 1 is 0.667 bits per heavy atom. The molecule has 1 aliphatic rings. The van der Waals surface area contributed by atoms with Crippen molar-refractivity contribution >= 4 is 35.6 Å². The molecule has 2 amide bonds. The lowest BCUT2D eigenvalue weighted by molar-refractivity contribution is -0.385. The van der Waals surface area contributed by atoms with Gasteiger partial charge < -0.3 is 18.9 Å². The van der Waals surface area contributed by atoms with Gasteiger partial charge in [-0.05, 0) is 71.8 Å². The predicted molar refractivity (Wildman–Crippen MR) is 170 cm³/mol. The van der Waals surface area contributed by atoms with Gasteiger partial charge in [-0.15, -0.1) is 0 Å². The van der Waals surface area contributed by atoms with Crippen molar-refractivity contribution in [1.82, 2.24) is 10.9 Å². The number of hydrazone groups is 2. The Kier molecular flexibility index (Phi) is 10.7. The van der Waals surface area contributed by atoms with Gasteiger partial charge in [0.25, 0.3) is 35.8 Å². The van der Waals surface area contributed by atoms with Crippen LogP contribution in [0.3, 0.4) is 0 Å². The summed E-state index contributed by atoms with van der Waals surface area (Å²) in [6, 6.07) is 24.1. The molecule has 4 aromatic rings. The van der Waals surface area contributed by atoms with E-state index >= 15 is 0 Å². The summed E-state index contributed by atoms with van der Waals surface area (Å²) in [5.41, 5.74) is 5.75. The minimum absolute atomic E-state index is 0.101. The van der Waals surface area contributed by atoms with Crippen molar-refractivity contribution < 1.29 is 38.4 Å². The average molecular weight is 655 g/mol. The Bertz CT molecular complexity index is 1710. The molecule has 1 heterocycles. The van der Waals surface area contributed by atoms with Crippen LogP contribution >= 0.6 is 0 Å². The van der Waals surface area contributed by atoms with Crippen LogP contribution in [0.5, 0.6) is 11.5 Å². The number of hydrogen-bond acceptors (Lipinski definition) is 12. The third kappa shape index (κ3) is 9.03. The second kappa shape index (κ2) is 15.7. The molecule has 16 nitrogen and oxygen atoms in total. The van der Waals surface area contributed by atoms with Gasteiger partial charge >= 0.3 is 0 Å². The number of carbonyl (C=O) groups excluding carboxylic acids is 2. The number of ether oxygens (including phenoxy) is 4. The number of nitro groups is 2. The molecule has 4 aromatic carbocycles. The molecule has 2 N–H and O–H groups in total. The van der Waals surface area contributed by atoms with Gasteiger partial charge in [0.15, 0.2) is 0 Å². The standard InChI is InChI=1S/C32H26N6O10/c39-29(23-3-1-5-25(17-23)37(41)42)35-33-19-21-7-11-27(12-8-21)47-31-32(46-16-15-45-31)48-28-13-9-22(10-14-28)20-34-36-30(40)24-4-2-6-26(18-24)38(43)44/h1-14,17-20,31-32H,15-16H2,(H,35,39)(H,36,40)/b33-19-,34-20-/t31-,32-/m1/s1. The van der Waals surface area contributed by atoms with Crippen molar-refractivity contribution in [2.45, 2.75) is 12.6 Å². The van der Waals surface area contributed by atoms with E-state index in [4.69, 9.17) is 18.9 Å². The van der Waals surface area contributed by atoms with E-state index < -0.39 is 34.2 Å². The lowest BCUT2D eigenvalue weighted by Gasteiger charge is -2.31. The Hall–Kier alpha value is -6.52. The summed E-state index contributed by atoms with van der Waals surface area (Å²) in [5, 5.41) is 29.6. The molecular formula is C32H26N6O10. The summed E-state index contributed by atoms with van der Waals surface area (Å²) in [4.78, 5) is 45.2. The van der Waals surface area contributed by atoms with Gasteiger partial charge in [0, 0.05) is 35.4 Å². The molecule has 48 heavy (non-hydrogen) atoms. The van der Waals surface area contributed by atoms with E-state index in [1.807, 2.05) is 0 Å². The van der Waals surface area contributed by atoms with E-state index in [2.05, 4.69) is 21.1 Å². The predicted octanol–water partition coefficient (Wildman–Crippen LogP) is 4.19. The number of nitrogens with zero attached hydrogens (tertiary/aromatic N) is 4. The SMILES string of the molecule is O=C(N/N=C\c1ccc(O[C@H]2OCCO[C@@H]2Oc2ccc(/C=N\NC(=O)c3cccc([N+](=O)[O-])c3)cc2)cc1)c1cccc([N+](=O)[O-])c1. The van der Waals surface area contributed by atoms with Crippen LogP contribution in [0.2, 0.25) is 0 Å². The highest BCUT2D eigenvalue weighted by atomic mass is 16.8. The Morgan fingerprint density at radius 2 is 1.06 bits per heavy atom. The minimum atomic E-state index is -0.891. The van der Waals surface area contributed by atoms with Crippen LogP contribution in [0.25, 0.3) is 0 Å². The number of carbonyl (C=O) groups is 2. The zero-order chi connectivity index (χ0) is 33.9. The highest BCUT2D eigenvalue weighted by Gasteiger charge is 2.31. The first-order chi connectivity index (χ1) is 23.2. The number of hydrogen-bond donors (Lipinski definition) is 2. The number of non-ortho nitro benzene ring substituents is 2. The van der Waals surface area contributed by atoms with Gasteiger partial charge in [-0.2, -0.15) is 10.2 Å². The molecule has 1 fully saturated rings. The molecule has 0 saturated carbocycles. The van der Waals surface area contributed by atoms with E-state index in [1.54, 1.807) is 48.5 Å². The molecule has 1 aliphatic heterocycles. The quantitative estimate of drug-likeness (QED) is 0.127. The average Bonchev–Trinajstić information content (AvgIpc) is 3.10. The third-order valence-corrected chi connectivity index (χ3v) is 6.53. The third-order valence-electron chi connectivity index (χ3n) is 6.53. The second-order valence-electron chi connectivity index (χ2n) is 9.87. The second-order valence-corrected chi connectivity index (χ2v) is 9.87. The topological polar surface area (TPSA) is 206 Å². The Balaban J connectivity index is 1.11. The first kappa shape index (κ1) is 32.9. The summed E-state index contributed by atoms with van der Waals surface area (Å²) < 4.78 is 23.3. The van der Waals surface area contributed by atoms with Crippen molar-refractivity contribution in [3.8, 4) is 11.5 Å². The summed E-state index contributed by atoms with van der Waals surface area (Å²) in [6.07, 6.45) is 1.03. The number of nitro benzene ring substituents is 2. The molecule has 16 heteroatoms. The van der Waals surface area contributed by atoms with Crippen LogP contribution in [0, 0.1) is 20.2 Å². The smallest absolute Gasteiger partial charge is 0.271 e. The summed E-state index contributed by atoms with van der Waals surface area (Å²) in [5.74, 6) is -0.282. The van der Waals surface area contributed by atoms with Crippen molar-refractivity contribution in [2.24, 2.45) is 10.2 Å². The van der Waals surface area contributed by atoms with Gasteiger partial charge in [0.05, 0.1) is 35.5 Å². The maximum Gasteiger partial charge on any atom is 0.271 e. The van der Waals surface area contributed by atoms with Crippen LogP contribution in [0.4, 0.5) is 11.4 Å². The van der Waals surface area contributed by atoms with Crippen LogP contribution in [-0.4, -0.2) is 59.9 Å². The largest absolute Gasteiger partial charge is 0.458 e. The Morgan fingerprint density at radius 3 is 1.44 bits per heavy atom. The van der Waals surface area contributed by atoms with E-state index in [9.17, 15) is 29.8 Å². The lowest BCUT2D eigenvalue weighted by atomic mass is 10.2. The van der Waals surface area contributed by atoms with Crippen LogP contribution in [0.15, 0.2) is 107 Å². The molecule has 1 saturated heterocycles. The molecule has 0 spiro atoms. The van der Waals surface area contributed by atoms with Crippen molar-refractivity contribution in [1.29, 1.82) is 0 Å². The molecular weight excluding hydrogens is 628 g/mol. The normalized spacial score (nSPS) is 15.9. The molecule has 0 unspecified atom stereocenters. The van der Waals surface area contributed by atoms with Gasteiger partial charge in [-0.25, -0.2) is 10.9 Å². The maximum absolute atomic E-state index is 12.3. The van der Waals surface area contributed by atoms with Gasteiger partial charge in [0.2, 0.25) is 0 Å². The number of rotatable bonds is 12. The Labute approximate surface area is 271 Å². The van der Waals surface area contributed by atoms with Gasteiger partial charge in [-0.3, -0.25) is 29.8 Å². The van der Waals surface area contributed by atoms with E-state index in [0.29, 0.717) is 22.6 Å². The van der Waals surface area contributed by atoms with Crippen molar-refractivity contribution in [3.05, 3.63) is 140 Å². The molecule has 0 radical (unpaired) electrons. The summed E-state index contributed by atoms with van der Waals surface area (Å²) in [6.45, 7) is 0.577.